The van der Waals surface area contributed by atoms with Gasteiger partial charge in [-0.1, -0.05) is 18.2 Å². The van der Waals surface area contributed by atoms with Crippen molar-refractivity contribution in [2.45, 2.75) is 11.4 Å². The molecule has 3 N–H and O–H groups in total. The van der Waals surface area contributed by atoms with Gasteiger partial charge >= 0.3 is 0 Å². The SMILES string of the molecule is CSc1ccccc1CNCCN. The summed E-state index contributed by atoms with van der Waals surface area (Å²) in [7, 11) is 0. The lowest BCUT2D eigenvalue weighted by Crippen LogP contribution is -2.22. The third-order valence-corrected chi connectivity index (χ3v) is 2.67. The standard InChI is InChI=1S/C10H16N2S/c1-13-10-5-3-2-4-9(10)8-12-7-6-11/h2-5,12H,6-8,11H2,1H3. The average molecular weight is 196 g/mol. The van der Waals surface area contributed by atoms with E-state index in [1.165, 1.54) is 10.5 Å². The normalized spacial score (nSPS) is 10.3. The first-order valence-electron chi connectivity index (χ1n) is 4.41. The molecule has 0 unspecified atom stereocenters. The Morgan fingerprint density at radius 2 is 2.15 bits per heavy atom. The molecule has 0 amide bonds. The van der Waals surface area contributed by atoms with Gasteiger partial charge in [0.1, 0.15) is 0 Å². The van der Waals surface area contributed by atoms with Crippen molar-refractivity contribution in [3.63, 3.8) is 0 Å². The molecule has 0 fully saturated rings. The Kier molecular flexibility index (Phi) is 4.90. The van der Waals surface area contributed by atoms with E-state index in [1.807, 2.05) is 0 Å². The van der Waals surface area contributed by atoms with E-state index in [2.05, 4.69) is 35.8 Å². The van der Waals surface area contributed by atoms with Crippen LogP contribution in [0.4, 0.5) is 0 Å². The van der Waals surface area contributed by atoms with E-state index in [-0.39, 0.29) is 0 Å². The van der Waals surface area contributed by atoms with E-state index in [4.69, 9.17) is 5.73 Å². The lowest BCUT2D eigenvalue weighted by atomic mass is 10.2. The lowest BCUT2D eigenvalue weighted by Gasteiger charge is -2.07. The summed E-state index contributed by atoms with van der Waals surface area (Å²) in [6.07, 6.45) is 2.10. The van der Waals surface area contributed by atoms with Crippen molar-refractivity contribution in [2.75, 3.05) is 19.3 Å². The molecule has 0 aliphatic heterocycles. The van der Waals surface area contributed by atoms with Crippen molar-refractivity contribution in [3.05, 3.63) is 29.8 Å². The fourth-order valence-electron chi connectivity index (χ4n) is 1.17. The van der Waals surface area contributed by atoms with Crippen LogP contribution in [0.2, 0.25) is 0 Å². The van der Waals surface area contributed by atoms with Gasteiger partial charge in [0.25, 0.3) is 0 Å². The third kappa shape index (κ3) is 3.38. The molecule has 0 saturated carbocycles. The predicted molar refractivity (Wildman–Crippen MR) is 59.0 cm³/mol. The number of hydrogen-bond donors (Lipinski definition) is 2. The zero-order valence-corrected chi connectivity index (χ0v) is 8.73. The number of nitrogens with two attached hydrogens (primary N) is 1. The molecule has 0 radical (unpaired) electrons. The number of nitrogens with one attached hydrogen (secondary N) is 1. The molecule has 0 aliphatic rings. The molecule has 1 aromatic carbocycles. The highest BCUT2D eigenvalue weighted by atomic mass is 32.2. The van der Waals surface area contributed by atoms with Crippen LogP contribution in [0.25, 0.3) is 0 Å². The summed E-state index contributed by atoms with van der Waals surface area (Å²) >= 11 is 1.78. The van der Waals surface area contributed by atoms with Crippen LogP contribution in [0.3, 0.4) is 0 Å². The fourth-order valence-corrected chi connectivity index (χ4v) is 1.79. The van der Waals surface area contributed by atoms with Gasteiger partial charge in [-0.3, -0.25) is 0 Å². The second kappa shape index (κ2) is 6.02. The maximum atomic E-state index is 5.40. The second-order valence-corrected chi connectivity index (χ2v) is 3.63. The van der Waals surface area contributed by atoms with Gasteiger partial charge in [-0.2, -0.15) is 0 Å². The van der Waals surface area contributed by atoms with Gasteiger partial charge in [0.2, 0.25) is 0 Å². The molecule has 1 rings (SSSR count). The molecular formula is C10H16N2S. The summed E-state index contributed by atoms with van der Waals surface area (Å²) in [6, 6.07) is 8.43. The number of rotatable bonds is 5. The molecule has 0 aliphatic carbocycles. The lowest BCUT2D eigenvalue weighted by molar-refractivity contribution is 0.688. The van der Waals surface area contributed by atoms with E-state index >= 15 is 0 Å². The molecule has 13 heavy (non-hydrogen) atoms. The Balaban J connectivity index is 2.54. The van der Waals surface area contributed by atoms with Gasteiger partial charge in [-0.15, -0.1) is 11.8 Å². The first kappa shape index (κ1) is 10.6. The monoisotopic (exact) mass is 196 g/mol. The summed E-state index contributed by atoms with van der Waals surface area (Å²) < 4.78 is 0. The molecular weight excluding hydrogens is 180 g/mol. The Morgan fingerprint density at radius 1 is 1.38 bits per heavy atom. The summed E-state index contributed by atoms with van der Waals surface area (Å²) in [4.78, 5) is 1.34. The molecule has 0 atom stereocenters. The molecule has 2 nitrogen and oxygen atoms in total. The van der Waals surface area contributed by atoms with Crippen molar-refractivity contribution in [3.8, 4) is 0 Å². The van der Waals surface area contributed by atoms with E-state index < -0.39 is 0 Å². The van der Waals surface area contributed by atoms with Crippen molar-refractivity contribution in [1.29, 1.82) is 0 Å². The highest BCUT2D eigenvalue weighted by Crippen LogP contribution is 2.19. The van der Waals surface area contributed by atoms with E-state index in [0.29, 0.717) is 6.54 Å². The smallest absolute Gasteiger partial charge is 0.0217 e. The molecule has 72 valence electrons. The number of benzene rings is 1. The maximum absolute atomic E-state index is 5.40. The van der Waals surface area contributed by atoms with Gasteiger partial charge < -0.3 is 11.1 Å². The Hall–Kier alpha value is -0.510. The minimum atomic E-state index is 0.696. The summed E-state index contributed by atoms with van der Waals surface area (Å²) in [6.45, 7) is 2.48. The second-order valence-electron chi connectivity index (χ2n) is 2.78. The first-order valence-corrected chi connectivity index (χ1v) is 5.63. The zero-order chi connectivity index (χ0) is 9.52. The van der Waals surface area contributed by atoms with Crippen LogP contribution in [0, 0.1) is 0 Å². The molecule has 0 saturated heterocycles. The summed E-state index contributed by atoms with van der Waals surface area (Å²) in [5.41, 5.74) is 6.75. The minimum Gasteiger partial charge on any atom is -0.329 e. The molecule has 0 spiro atoms. The summed E-state index contributed by atoms with van der Waals surface area (Å²) in [5.74, 6) is 0. The third-order valence-electron chi connectivity index (χ3n) is 1.83. The van der Waals surface area contributed by atoms with Crippen molar-refractivity contribution in [2.24, 2.45) is 5.73 Å². The van der Waals surface area contributed by atoms with E-state index in [0.717, 1.165) is 13.1 Å². The largest absolute Gasteiger partial charge is 0.329 e. The minimum absolute atomic E-state index is 0.696. The topological polar surface area (TPSA) is 38.0 Å². The van der Waals surface area contributed by atoms with Crippen LogP contribution >= 0.6 is 11.8 Å². The summed E-state index contributed by atoms with van der Waals surface area (Å²) in [5, 5.41) is 3.29. The maximum Gasteiger partial charge on any atom is 0.0217 e. The van der Waals surface area contributed by atoms with Crippen LogP contribution in [0.15, 0.2) is 29.2 Å². The zero-order valence-electron chi connectivity index (χ0n) is 7.92. The Bertz CT molecular complexity index is 250. The van der Waals surface area contributed by atoms with Gasteiger partial charge in [0.15, 0.2) is 0 Å². The van der Waals surface area contributed by atoms with Crippen LogP contribution in [-0.4, -0.2) is 19.3 Å². The Morgan fingerprint density at radius 3 is 2.85 bits per heavy atom. The highest BCUT2D eigenvalue weighted by molar-refractivity contribution is 7.98. The van der Waals surface area contributed by atoms with Gasteiger partial charge in [0, 0.05) is 24.5 Å². The Labute approximate surface area is 83.9 Å². The van der Waals surface area contributed by atoms with E-state index in [9.17, 15) is 0 Å². The molecule has 3 heteroatoms. The fraction of sp³-hybridized carbons (Fsp3) is 0.400. The number of thioether (sulfide) groups is 1. The average Bonchev–Trinajstić information content (AvgIpc) is 2.19. The van der Waals surface area contributed by atoms with Crippen LogP contribution in [-0.2, 0) is 6.54 Å². The first-order chi connectivity index (χ1) is 6.38. The number of hydrogen-bond acceptors (Lipinski definition) is 3. The molecule has 0 heterocycles. The molecule has 0 aromatic heterocycles. The van der Waals surface area contributed by atoms with Crippen molar-refractivity contribution in [1.82, 2.24) is 5.32 Å². The predicted octanol–water partition coefficient (Wildman–Crippen LogP) is 1.46. The van der Waals surface area contributed by atoms with Crippen LogP contribution in [0.1, 0.15) is 5.56 Å². The van der Waals surface area contributed by atoms with E-state index in [1.54, 1.807) is 11.8 Å². The van der Waals surface area contributed by atoms with Gasteiger partial charge in [-0.05, 0) is 17.9 Å². The van der Waals surface area contributed by atoms with Crippen molar-refractivity contribution >= 4 is 11.8 Å². The highest BCUT2D eigenvalue weighted by Gasteiger charge is 1.98. The van der Waals surface area contributed by atoms with Crippen molar-refractivity contribution < 1.29 is 0 Å². The van der Waals surface area contributed by atoms with Crippen LogP contribution < -0.4 is 11.1 Å². The van der Waals surface area contributed by atoms with Gasteiger partial charge in [-0.25, -0.2) is 0 Å². The molecule has 0 bridgehead atoms. The quantitative estimate of drug-likeness (QED) is 0.553. The van der Waals surface area contributed by atoms with Crippen LogP contribution in [0.5, 0.6) is 0 Å². The molecule has 1 aromatic rings. The van der Waals surface area contributed by atoms with Gasteiger partial charge in [0.05, 0.1) is 0 Å².